The quantitative estimate of drug-likeness (QED) is 0.891. The molecule has 0 saturated heterocycles. The van der Waals surface area contributed by atoms with Gasteiger partial charge in [-0.15, -0.1) is 0 Å². The van der Waals surface area contributed by atoms with E-state index < -0.39 is 5.92 Å². The van der Waals surface area contributed by atoms with E-state index >= 15 is 0 Å². The van der Waals surface area contributed by atoms with Crippen LogP contribution in [-0.2, 0) is 16.1 Å². The molecule has 0 bridgehead atoms. The van der Waals surface area contributed by atoms with Crippen molar-refractivity contribution in [3.05, 3.63) is 59.7 Å². The van der Waals surface area contributed by atoms with Crippen molar-refractivity contribution < 1.29 is 14.3 Å². The second-order valence-corrected chi connectivity index (χ2v) is 5.42. The molecule has 2 aromatic rings. The molecule has 5 nitrogen and oxygen atoms in total. The van der Waals surface area contributed by atoms with E-state index in [0.717, 1.165) is 22.6 Å². The van der Waals surface area contributed by atoms with E-state index in [-0.39, 0.29) is 18.2 Å². The van der Waals surface area contributed by atoms with Crippen molar-refractivity contribution in [3.63, 3.8) is 0 Å². The van der Waals surface area contributed by atoms with E-state index in [1.807, 2.05) is 48.5 Å². The number of ether oxygens (including phenoxy) is 1. The van der Waals surface area contributed by atoms with Crippen LogP contribution in [0, 0.1) is 0 Å². The molecule has 0 aliphatic carbocycles. The molecule has 1 unspecified atom stereocenters. The van der Waals surface area contributed by atoms with Gasteiger partial charge in [0.25, 0.3) is 0 Å². The molecule has 5 heteroatoms. The van der Waals surface area contributed by atoms with Gasteiger partial charge in [-0.1, -0.05) is 36.4 Å². The topological polar surface area (TPSA) is 67.4 Å². The third-order valence-corrected chi connectivity index (χ3v) is 3.97. The molecule has 23 heavy (non-hydrogen) atoms. The Morgan fingerprint density at radius 3 is 2.74 bits per heavy atom. The molecule has 3 rings (SSSR count). The summed E-state index contributed by atoms with van der Waals surface area (Å²) in [5.74, 6) is 0.0204. The van der Waals surface area contributed by atoms with Crippen LogP contribution < -0.4 is 15.4 Å². The molecule has 1 aliphatic heterocycles. The van der Waals surface area contributed by atoms with E-state index in [1.54, 1.807) is 7.11 Å². The van der Waals surface area contributed by atoms with Crippen molar-refractivity contribution in [2.24, 2.45) is 0 Å². The van der Waals surface area contributed by atoms with Crippen molar-refractivity contribution in [1.29, 1.82) is 0 Å². The Morgan fingerprint density at radius 1 is 1.17 bits per heavy atom. The van der Waals surface area contributed by atoms with Crippen molar-refractivity contribution in [2.75, 3.05) is 12.4 Å². The van der Waals surface area contributed by atoms with Crippen molar-refractivity contribution in [1.82, 2.24) is 5.32 Å². The Hall–Kier alpha value is -2.82. The molecule has 0 saturated carbocycles. The number of carbonyl (C=O) groups excluding carboxylic acids is 2. The fraction of sp³-hybridized carbons (Fsp3) is 0.222. The summed E-state index contributed by atoms with van der Waals surface area (Å²) in [4.78, 5) is 24.2. The van der Waals surface area contributed by atoms with Gasteiger partial charge in [-0.3, -0.25) is 9.59 Å². The number of rotatable bonds is 5. The molecule has 0 radical (unpaired) electrons. The third kappa shape index (κ3) is 3.18. The van der Waals surface area contributed by atoms with Gasteiger partial charge in [0.1, 0.15) is 5.75 Å². The highest BCUT2D eigenvalue weighted by molar-refractivity contribution is 6.04. The molecule has 118 valence electrons. The zero-order chi connectivity index (χ0) is 16.2. The number of nitrogens with one attached hydrogen (secondary N) is 2. The summed E-state index contributed by atoms with van der Waals surface area (Å²) in [6.07, 6.45) is 0.137. The highest BCUT2D eigenvalue weighted by Crippen LogP contribution is 2.34. The fourth-order valence-corrected chi connectivity index (χ4v) is 2.78. The first-order valence-corrected chi connectivity index (χ1v) is 7.47. The maximum Gasteiger partial charge on any atom is 0.232 e. The second kappa shape index (κ2) is 6.52. The van der Waals surface area contributed by atoms with Crippen LogP contribution in [0.4, 0.5) is 5.69 Å². The number of hydrogen-bond acceptors (Lipinski definition) is 3. The summed E-state index contributed by atoms with van der Waals surface area (Å²) in [6, 6.07) is 15.0. The number of methoxy groups -OCH3 is 1. The Bertz CT molecular complexity index is 743. The number of anilines is 1. The van der Waals surface area contributed by atoms with Gasteiger partial charge in [-0.2, -0.15) is 0 Å². The Kier molecular flexibility index (Phi) is 4.28. The first-order valence-electron chi connectivity index (χ1n) is 7.47. The third-order valence-electron chi connectivity index (χ3n) is 3.97. The SMILES string of the molecule is COc1ccccc1CNC(=O)CC1C(=O)Nc2ccccc21. The van der Waals surface area contributed by atoms with Gasteiger partial charge < -0.3 is 15.4 Å². The lowest BCUT2D eigenvalue weighted by atomic mass is 9.97. The van der Waals surface area contributed by atoms with E-state index in [9.17, 15) is 9.59 Å². The van der Waals surface area contributed by atoms with Crippen molar-refractivity contribution in [3.8, 4) is 5.75 Å². The molecule has 0 fully saturated rings. The molecule has 1 atom stereocenters. The van der Waals surface area contributed by atoms with Gasteiger partial charge in [0.05, 0.1) is 13.0 Å². The second-order valence-electron chi connectivity index (χ2n) is 5.42. The summed E-state index contributed by atoms with van der Waals surface area (Å²) in [5, 5.41) is 5.66. The Morgan fingerprint density at radius 2 is 1.91 bits per heavy atom. The maximum absolute atomic E-state index is 12.2. The van der Waals surface area contributed by atoms with Crippen molar-refractivity contribution >= 4 is 17.5 Å². The Labute approximate surface area is 134 Å². The summed E-state index contributed by atoms with van der Waals surface area (Å²) >= 11 is 0. The lowest BCUT2D eigenvalue weighted by molar-refractivity contribution is -0.125. The molecule has 1 heterocycles. The highest BCUT2D eigenvalue weighted by Gasteiger charge is 2.31. The maximum atomic E-state index is 12.2. The molecule has 0 spiro atoms. The number of para-hydroxylation sites is 2. The predicted molar refractivity (Wildman–Crippen MR) is 87.3 cm³/mol. The molecule has 0 aromatic heterocycles. The summed E-state index contributed by atoms with van der Waals surface area (Å²) in [5.41, 5.74) is 2.57. The van der Waals surface area contributed by atoms with Crippen molar-refractivity contribution in [2.45, 2.75) is 18.9 Å². The lowest BCUT2D eigenvalue weighted by Crippen LogP contribution is -2.26. The van der Waals surface area contributed by atoms with E-state index in [0.29, 0.717) is 6.54 Å². The van der Waals surface area contributed by atoms with Gasteiger partial charge in [0, 0.05) is 24.2 Å². The van der Waals surface area contributed by atoms with E-state index in [2.05, 4.69) is 10.6 Å². The van der Waals surface area contributed by atoms with Crippen LogP contribution in [0.2, 0.25) is 0 Å². The first kappa shape index (κ1) is 15.1. The molecule has 2 aromatic carbocycles. The van der Waals surface area contributed by atoms with Gasteiger partial charge in [-0.25, -0.2) is 0 Å². The predicted octanol–water partition coefficient (Wildman–Crippen LogP) is 2.44. The van der Waals surface area contributed by atoms with Gasteiger partial charge in [0.15, 0.2) is 0 Å². The highest BCUT2D eigenvalue weighted by atomic mass is 16.5. The number of carbonyl (C=O) groups is 2. The Balaban J connectivity index is 1.63. The average Bonchev–Trinajstić information content (AvgIpc) is 2.89. The first-order chi connectivity index (χ1) is 11.2. The molecular weight excluding hydrogens is 292 g/mol. The largest absolute Gasteiger partial charge is 0.496 e. The molecular formula is C18H18N2O3. The smallest absolute Gasteiger partial charge is 0.232 e. The van der Waals surface area contributed by atoms with Crippen LogP contribution in [-0.4, -0.2) is 18.9 Å². The monoisotopic (exact) mass is 310 g/mol. The zero-order valence-electron chi connectivity index (χ0n) is 12.8. The summed E-state index contributed by atoms with van der Waals surface area (Å²) in [7, 11) is 1.60. The molecule has 2 N–H and O–H groups in total. The minimum atomic E-state index is -0.427. The summed E-state index contributed by atoms with van der Waals surface area (Å²) in [6.45, 7) is 0.374. The average molecular weight is 310 g/mol. The van der Waals surface area contributed by atoms with E-state index in [1.165, 1.54) is 0 Å². The van der Waals surface area contributed by atoms with Crippen LogP contribution >= 0.6 is 0 Å². The number of hydrogen-bond donors (Lipinski definition) is 2. The van der Waals surface area contributed by atoms with Crippen LogP contribution in [0.3, 0.4) is 0 Å². The van der Waals surface area contributed by atoms with Crippen LogP contribution in [0.25, 0.3) is 0 Å². The van der Waals surface area contributed by atoms with Gasteiger partial charge in [0.2, 0.25) is 11.8 Å². The zero-order valence-corrected chi connectivity index (χ0v) is 12.8. The van der Waals surface area contributed by atoms with Crippen LogP contribution in [0.1, 0.15) is 23.5 Å². The lowest BCUT2D eigenvalue weighted by Gasteiger charge is -2.11. The van der Waals surface area contributed by atoms with Crippen LogP contribution in [0.15, 0.2) is 48.5 Å². The number of fused-ring (bicyclic) bond motifs is 1. The van der Waals surface area contributed by atoms with E-state index in [4.69, 9.17) is 4.74 Å². The number of amides is 2. The fourth-order valence-electron chi connectivity index (χ4n) is 2.78. The minimum absolute atomic E-state index is 0.126. The molecule has 2 amide bonds. The van der Waals surface area contributed by atoms with Gasteiger partial charge in [-0.05, 0) is 17.7 Å². The standard InChI is InChI=1S/C18H18N2O3/c1-23-16-9-5-2-6-12(16)11-19-17(21)10-14-13-7-3-4-8-15(13)20-18(14)22/h2-9,14H,10-11H2,1H3,(H,19,21)(H,20,22). The summed E-state index contributed by atoms with van der Waals surface area (Å²) < 4.78 is 5.26. The molecule has 1 aliphatic rings. The van der Waals surface area contributed by atoms with Crippen LogP contribution in [0.5, 0.6) is 5.75 Å². The normalized spacial score (nSPS) is 15.7. The van der Waals surface area contributed by atoms with Gasteiger partial charge >= 0.3 is 0 Å². The number of benzene rings is 2. The minimum Gasteiger partial charge on any atom is -0.496 e.